The summed E-state index contributed by atoms with van der Waals surface area (Å²) in [5.41, 5.74) is 0.832. The molecule has 0 spiro atoms. The summed E-state index contributed by atoms with van der Waals surface area (Å²) in [7, 11) is -2.79. The lowest BCUT2D eigenvalue weighted by Crippen LogP contribution is -2.04. The Morgan fingerprint density at radius 3 is 2.53 bits per heavy atom. The zero-order chi connectivity index (χ0) is 14.5. The molecule has 108 valence electrons. The van der Waals surface area contributed by atoms with Crippen molar-refractivity contribution in [3.05, 3.63) is 23.8 Å². The Balaban J connectivity index is 2.92. The van der Waals surface area contributed by atoms with Gasteiger partial charge in [-0.05, 0) is 24.1 Å². The minimum atomic E-state index is -3.31. The highest BCUT2D eigenvalue weighted by molar-refractivity contribution is 7.90. The molecule has 0 heterocycles. The van der Waals surface area contributed by atoms with Crippen molar-refractivity contribution < 1.29 is 17.4 Å². The number of hydrogen-bond acceptors (Lipinski definition) is 4. The lowest BCUT2D eigenvalue weighted by molar-refractivity contribution is 0.402. The smallest absolute Gasteiger partial charge is 0.179 e. The Bertz CT molecular complexity index is 550. The molecule has 0 aliphatic heterocycles. The molecular formula is C13H20O4S2. The van der Waals surface area contributed by atoms with Crippen LogP contribution < -0.4 is 4.74 Å². The molecule has 19 heavy (non-hydrogen) atoms. The number of ether oxygens (including phenoxy) is 1. The van der Waals surface area contributed by atoms with E-state index >= 15 is 0 Å². The van der Waals surface area contributed by atoms with Gasteiger partial charge in [0.25, 0.3) is 0 Å². The normalized spacial score (nSPS) is 13.2. The molecule has 0 amide bonds. The first-order valence-electron chi connectivity index (χ1n) is 6.10. The Morgan fingerprint density at radius 1 is 1.32 bits per heavy atom. The Morgan fingerprint density at radius 2 is 2.00 bits per heavy atom. The predicted molar refractivity (Wildman–Crippen MR) is 77.7 cm³/mol. The molecule has 0 aliphatic carbocycles. The highest BCUT2D eigenvalue weighted by Crippen LogP contribution is 2.25. The van der Waals surface area contributed by atoms with Gasteiger partial charge in [0.05, 0.1) is 7.11 Å². The second kappa shape index (κ2) is 7.05. The van der Waals surface area contributed by atoms with Gasteiger partial charge in [0.15, 0.2) is 9.84 Å². The zero-order valence-corrected chi connectivity index (χ0v) is 13.1. The molecule has 1 aromatic rings. The van der Waals surface area contributed by atoms with Crippen LogP contribution in [0.5, 0.6) is 5.75 Å². The molecule has 0 bridgehead atoms. The van der Waals surface area contributed by atoms with Crippen LogP contribution in [0, 0.1) is 0 Å². The summed E-state index contributed by atoms with van der Waals surface area (Å²) in [4.78, 5) is 0.165. The molecular weight excluding hydrogens is 284 g/mol. The van der Waals surface area contributed by atoms with E-state index in [0.29, 0.717) is 17.3 Å². The number of methoxy groups -OCH3 is 1. The molecule has 0 aromatic heterocycles. The van der Waals surface area contributed by atoms with Crippen molar-refractivity contribution in [2.45, 2.75) is 30.4 Å². The topological polar surface area (TPSA) is 60.4 Å². The standard InChI is InChI=1S/C13H20O4S2/c1-4-5-8-18(14)10-11-6-7-13(19(3,15)16)12(9-11)17-2/h6-7,9H,4-5,8,10H2,1-3H3/t18-/m1/s1. The van der Waals surface area contributed by atoms with Gasteiger partial charge in [0.2, 0.25) is 0 Å². The lowest BCUT2D eigenvalue weighted by atomic mass is 10.2. The van der Waals surface area contributed by atoms with Gasteiger partial charge < -0.3 is 4.74 Å². The summed E-state index contributed by atoms with van der Waals surface area (Å²) < 4.78 is 40.0. The largest absolute Gasteiger partial charge is 0.495 e. The number of benzene rings is 1. The molecule has 1 aromatic carbocycles. The lowest BCUT2D eigenvalue weighted by Gasteiger charge is -2.09. The molecule has 0 N–H and O–H groups in total. The Hall–Kier alpha value is -0.880. The van der Waals surface area contributed by atoms with Crippen LogP contribution in [0.3, 0.4) is 0 Å². The molecule has 0 aliphatic rings. The van der Waals surface area contributed by atoms with Gasteiger partial charge in [-0.3, -0.25) is 4.21 Å². The van der Waals surface area contributed by atoms with Crippen LogP contribution in [-0.4, -0.2) is 31.7 Å². The average Bonchev–Trinajstić information content (AvgIpc) is 2.34. The van der Waals surface area contributed by atoms with Crippen LogP contribution in [0.2, 0.25) is 0 Å². The molecule has 1 atom stereocenters. The molecule has 0 radical (unpaired) electrons. The van der Waals surface area contributed by atoms with Crippen molar-refractivity contribution in [2.24, 2.45) is 0 Å². The number of hydrogen-bond donors (Lipinski definition) is 0. The summed E-state index contributed by atoms with van der Waals surface area (Å²) >= 11 is 0. The minimum Gasteiger partial charge on any atom is -0.495 e. The van der Waals surface area contributed by atoms with E-state index in [2.05, 4.69) is 6.92 Å². The summed E-state index contributed by atoms with van der Waals surface area (Å²) in [6.45, 7) is 2.06. The van der Waals surface area contributed by atoms with Crippen LogP contribution in [0.4, 0.5) is 0 Å². The van der Waals surface area contributed by atoms with Gasteiger partial charge in [-0.15, -0.1) is 0 Å². The molecule has 4 nitrogen and oxygen atoms in total. The first-order valence-corrected chi connectivity index (χ1v) is 9.48. The van der Waals surface area contributed by atoms with Crippen LogP contribution in [-0.2, 0) is 26.4 Å². The SMILES string of the molecule is CCCC[S@@](=O)Cc1ccc(S(C)(=O)=O)c(OC)c1. The molecule has 0 unspecified atom stereocenters. The number of rotatable bonds is 7. The summed E-state index contributed by atoms with van der Waals surface area (Å²) in [6.07, 6.45) is 3.09. The summed E-state index contributed by atoms with van der Waals surface area (Å²) in [5, 5.41) is 0. The van der Waals surface area contributed by atoms with E-state index in [-0.39, 0.29) is 4.90 Å². The highest BCUT2D eigenvalue weighted by atomic mass is 32.2. The molecule has 6 heteroatoms. The second-order valence-electron chi connectivity index (χ2n) is 4.40. The van der Waals surface area contributed by atoms with Crippen molar-refractivity contribution in [3.8, 4) is 5.75 Å². The van der Waals surface area contributed by atoms with Crippen molar-refractivity contribution in [3.63, 3.8) is 0 Å². The number of sulfone groups is 1. The monoisotopic (exact) mass is 304 g/mol. The van der Waals surface area contributed by atoms with Gasteiger partial charge in [0, 0.05) is 28.6 Å². The fraction of sp³-hybridized carbons (Fsp3) is 0.538. The average molecular weight is 304 g/mol. The van der Waals surface area contributed by atoms with Gasteiger partial charge in [0.1, 0.15) is 10.6 Å². The maximum atomic E-state index is 11.8. The molecule has 1 rings (SSSR count). The van der Waals surface area contributed by atoms with E-state index in [1.54, 1.807) is 12.1 Å². The fourth-order valence-corrected chi connectivity index (χ4v) is 3.80. The second-order valence-corrected chi connectivity index (χ2v) is 7.96. The molecule has 0 saturated carbocycles. The Labute approximate surface area is 117 Å². The summed E-state index contributed by atoms with van der Waals surface area (Å²) in [5.74, 6) is 1.42. The summed E-state index contributed by atoms with van der Waals surface area (Å²) in [6, 6.07) is 4.86. The van der Waals surface area contributed by atoms with Crippen LogP contribution in [0.25, 0.3) is 0 Å². The quantitative estimate of drug-likeness (QED) is 0.774. The van der Waals surface area contributed by atoms with Crippen molar-refractivity contribution in [2.75, 3.05) is 19.1 Å². The van der Waals surface area contributed by atoms with E-state index in [9.17, 15) is 12.6 Å². The van der Waals surface area contributed by atoms with E-state index < -0.39 is 20.6 Å². The maximum absolute atomic E-state index is 11.8. The van der Waals surface area contributed by atoms with E-state index in [4.69, 9.17) is 4.74 Å². The maximum Gasteiger partial charge on any atom is 0.179 e. The fourth-order valence-electron chi connectivity index (χ4n) is 1.67. The van der Waals surface area contributed by atoms with E-state index in [1.165, 1.54) is 13.2 Å². The third kappa shape index (κ3) is 4.95. The Kier molecular flexibility index (Phi) is 6.00. The van der Waals surface area contributed by atoms with Crippen molar-refractivity contribution in [1.82, 2.24) is 0 Å². The van der Waals surface area contributed by atoms with E-state index in [1.807, 2.05) is 0 Å². The van der Waals surface area contributed by atoms with Gasteiger partial charge in [-0.2, -0.15) is 0 Å². The third-order valence-electron chi connectivity index (χ3n) is 2.68. The van der Waals surface area contributed by atoms with Crippen molar-refractivity contribution in [1.29, 1.82) is 0 Å². The van der Waals surface area contributed by atoms with Gasteiger partial charge in [-0.25, -0.2) is 8.42 Å². The van der Waals surface area contributed by atoms with Crippen molar-refractivity contribution >= 4 is 20.6 Å². The minimum absolute atomic E-state index is 0.165. The zero-order valence-electron chi connectivity index (χ0n) is 11.5. The first-order chi connectivity index (χ1) is 8.88. The number of unbranched alkanes of at least 4 members (excludes halogenated alkanes) is 1. The van der Waals surface area contributed by atoms with Crippen LogP contribution in [0.1, 0.15) is 25.3 Å². The van der Waals surface area contributed by atoms with Crippen LogP contribution >= 0.6 is 0 Å². The van der Waals surface area contributed by atoms with Crippen LogP contribution in [0.15, 0.2) is 23.1 Å². The first kappa shape index (κ1) is 16.2. The highest BCUT2D eigenvalue weighted by Gasteiger charge is 2.15. The molecule has 0 fully saturated rings. The third-order valence-corrected chi connectivity index (χ3v) is 5.22. The predicted octanol–water partition coefficient (Wildman–Crippen LogP) is 2.15. The van der Waals surface area contributed by atoms with Gasteiger partial charge >= 0.3 is 0 Å². The van der Waals surface area contributed by atoms with E-state index in [0.717, 1.165) is 24.7 Å². The molecule has 0 saturated heterocycles. The van der Waals surface area contributed by atoms with Gasteiger partial charge in [-0.1, -0.05) is 19.4 Å².